The third kappa shape index (κ3) is 6.10. The molecule has 0 saturated heterocycles. The van der Waals surface area contributed by atoms with Crippen LogP contribution in [0.5, 0.6) is 17.2 Å². The van der Waals surface area contributed by atoms with E-state index in [0.717, 1.165) is 0 Å². The van der Waals surface area contributed by atoms with Crippen LogP contribution in [-0.2, 0) is 4.79 Å². The molecule has 148 valence electrons. The lowest BCUT2D eigenvalue weighted by atomic mass is 10.2. The first-order valence-electron chi connectivity index (χ1n) is 8.41. The Bertz CT molecular complexity index is 994. The average Bonchev–Trinajstić information content (AvgIpc) is 2.70. The number of halogens is 3. The molecule has 0 radical (unpaired) electrons. The number of pyridine rings is 1. The van der Waals surface area contributed by atoms with Crippen molar-refractivity contribution in [1.82, 2.24) is 4.98 Å². The van der Waals surface area contributed by atoms with Crippen molar-refractivity contribution in [1.29, 1.82) is 0 Å². The molecule has 5 nitrogen and oxygen atoms in total. The van der Waals surface area contributed by atoms with Crippen molar-refractivity contribution in [2.75, 3.05) is 5.32 Å². The number of hydrogen-bond donors (Lipinski definition) is 1. The number of benzene rings is 2. The van der Waals surface area contributed by atoms with E-state index in [1.807, 2.05) is 0 Å². The topological polar surface area (TPSA) is 60.5 Å². The van der Waals surface area contributed by atoms with E-state index in [2.05, 4.69) is 15.0 Å². The standard InChI is InChI=1S/C21H15F3N2O3/c22-18-12-14(3-9-19(18)28-17-2-1-11-25-13-17)4-10-20(27)26-15-5-7-16(8-6-15)29-21(23)24/h1-13,21H,(H,26,27)/b10-4+. The highest BCUT2D eigenvalue weighted by Crippen LogP contribution is 2.25. The summed E-state index contributed by atoms with van der Waals surface area (Å²) in [5.41, 5.74) is 0.851. The fourth-order valence-electron chi connectivity index (χ4n) is 2.31. The molecule has 0 fully saturated rings. The van der Waals surface area contributed by atoms with E-state index in [1.165, 1.54) is 54.7 Å². The normalized spacial score (nSPS) is 10.9. The molecule has 0 saturated carbocycles. The van der Waals surface area contributed by atoms with Gasteiger partial charge in [0.15, 0.2) is 11.6 Å². The van der Waals surface area contributed by atoms with E-state index in [1.54, 1.807) is 24.4 Å². The van der Waals surface area contributed by atoms with Gasteiger partial charge in [0.05, 0.1) is 6.20 Å². The molecule has 0 aliphatic heterocycles. The third-order valence-corrected chi connectivity index (χ3v) is 3.59. The smallest absolute Gasteiger partial charge is 0.387 e. The molecule has 0 aliphatic carbocycles. The number of anilines is 1. The lowest BCUT2D eigenvalue weighted by molar-refractivity contribution is -0.111. The Balaban J connectivity index is 1.59. The van der Waals surface area contributed by atoms with Crippen LogP contribution in [0.3, 0.4) is 0 Å². The van der Waals surface area contributed by atoms with Crippen molar-refractivity contribution >= 4 is 17.7 Å². The van der Waals surface area contributed by atoms with Crippen molar-refractivity contribution in [2.45, 2.75) is 6.61 Å². The highest BCUT2D eigenvalue weighted by Gasteiger charge is 2.07. The summed E-state index contributed by atoms with van der Waals surface area (Å²) < 4.78 is 48.1. The molecule has 1 heterocycles. The van der Waals surface area contributed by atoms with Gasteiger partial charge in [0, 0.05) is 18.0 Å². The van der Waals surface area contributed by atoms with Crippen LogP contribution in [0.25, 0.3) is 6.08 Å². The number of nitrogens with one attached hydrogen (secondary N) is 1. The van der Waals surface area contributed by atoms with Crippen molar-refractivity contribution in [3.05, 3.63) is 84.4 Å². The van der Waals surface area contributed by atoms with E-state index < -0.39 is 18.3 Å². The van der Waals surface area contributed by atoms with Gasteiger partial charge in [-0.3, -0.25) is 9.78 Å². The van der Waals surface area contributed by atoms with Crippen LogP contribution in [0.15, 0.2) is 73.1 Å². The van der Waals surface area contributed by atoms with Crippen LogP contribution in [-0.4, -0.2) is 17.5 Å². The molecular formula is C21H15F3N2O3. The largest absolute Gasteiger partial charge is 0.453 e. The Morgan fingerprint density at radius 2 is 1.86 bits per heavy atom. The molecular weight excluding hydrogens is 385 g/mol. The number of aromatic nitrogens is 1. The zero-order valence-electron chi connectivity index (χ0n) is 14.9. The SMILES string of the molecule is O=C(/C=C/c1ccc(Oc2cccnc2)c(F)c1)Nc1ccc(OC(F)F)cc1. The van der Waals surface area contributed by atoms with Gasteiger partial charge in [0.2, 0.25) is 5.91 Å². The summed E-state index contributed by atoms with van der Waals surface area (Å²) in [5.74, 6) is -0.642. The molecule has 0 spiro atoms. The molecule has 3 rings (SSSR count). The molecule has 3 aromatic rings. The molecule has 1 aromatic heterocycles. The summed E-state index contributed by atoms with van der Waals surface area (Å²) in [6.45, 7) is -2.92. The minimum atomic E-state index is -2.92. The van der Waals surface area contributed by atoms with Crippen LogP contribution < -0.4 is 14.8 Å². The number of nitrogens with zero attached hydrogens (tertiary/aromatic N) is 1. The van der Waals surface area contributed by atoms with Gasteiger partial charge < -0.3 is 14.8 Å². The quantitative estimate of drug-likeness (QED) is 0.549. The zero-order chi connectivity index (χ0) is 20.6. The summed E-state index contributed by atoms with van der Waals surface area (Å²) in [4.78, 5) is 15.9. The van der Waals surface area contributed by atoms with E-state index >= 15 is 0 Å². The lowest BCUT2D eigenvalue weighted by Gasteiger charge is -2.07. The van der Waals surface area contributed by atoms with E-state index in [0.29, 0.717) is 17.0 Å². The maximum Gasteiger partial charge on any atom is 0.387 e. The number of hydrogen-bond acceptors (Lipinski definition) is 4. The lowest BCUT2D eigenvalue weighted by Crippen LogP contribution is -2.08. The van der Waals surface area contributed by atoms with E-state index in [9.17, 15) is 18.0 Å². The molecule has 1 amide bonds. The second-order valence-corrected chi connectivity index (χ2v) is 5.71. The molecule has 29 heavy (non-hydrogen) atoms. The second kappa shape index (κ2) is 9.41. The average molecular weight is 400 g/mol. The maximum atomic E-state index is 14.2. The molecule has 0 bridgehead atoms. The number of rotatable bonds is 7. The van der Waals surface area contributed by atoms with E-state index in [4.69, 9.17) is 4.74 Å². The Hall–Kier alpha value is -3.81. The Kier molecular flexibility index (Phi) is 6.47. The van der Waals surface area contributed by atoms with Gasteiger partial charge in [-0.15, -0.1) is 0 Å². The number of amides is 1. The number of carbonyl (C=O) groups excluding carboxylic acids is 1. The van der Waals surface area contributed by atoms with E-state index in [-0.39, 0.29) is 11.5 Å². The number of alkyl halides is 2. The van der Waals surface area contributed by atoms with Gasteiger partial charge in [0.1, 0.15) is 11.5 Å². The maximum absolute atomic E-state index is 14.2. The molecule has 0 unspecified atom stereocenters. The molecule has 0 atom stereocenters. The van der Waals surface area contributed by atoms with Crippen LogP contribution >= 0.6 is 0 Å². The summed E-state index contributed by atoms with van der Waals surface area (Å²) >= 11 is 0. The van der Waals surface area contributed by atoms with Gasteiger partial charge >= 0.3 is 6.61 Å². The van der Waals surface area contributed by atoms with Gasteiger partial charge in [-0.05, 0) is 60.2 Å². The zero-order valence-corrected chi connectivity index (χ0v) is 14.9. The Morgan fingerprint density at radius 3 is 2.52 bits per heavy atom. The minimum Gasteiger partial charge on any atom is -0.453 e. The third-order valence-electron chi connectivity index (χ3n) is 3.59. The van der Waals surface area contributed by atoms with Gasteiger partial charge in [-0.2, -0.15) is 8.78 Å². The second-order valence-electron chi connectivity index (χ2n) is 5.71. The summed E-state index contributed by atoms with van der Waals surface area (Å²) in [5, 5.41) is 2.56. The molecule has 8 heteroatoms. The highest BCUT2D eigenvalue weighted by molar-refractivity contribution is 6.01. The fraction of sp³-hybridized carbons (Fsp3) is 0.0476. The Labute approximate surface area is 164 Å². The summed E-state index contributed by atoms with van der Waals surface area (Å²) in [6, 6.07) is 13.0. The summed E-state index contributed by atoms with van der Waals surface area (Å²) in [6.07, 6.45) is 5.69. The first-order chi connectivity index (χ1) is 14.0. The number of carbonyl (C=O) groups is 1. The number of ether oxygens (including phenoxy) is 2. The highest BCUT2D eigenvalue weighted by atomic mass is 19.3. The first-order valence-corrected chi connectivity index (χ1v) is 8.41. The van der Waals surface area contributed by atoms with Gasteiger partial charge in [0.25, 0.3) is 0 Å². The Morgan fingerprint density at radius 1 is 1.07 bits per heavy atom. The van der Waals surface area contributed by atoms with Gasteiger partial charge in [-0.1, -0.05) is 6.07 Å². The summed E-state index contributed by atoms with van der Waals surface area (Å²) in [7, 11) is 0. The van der Waals surface area contributed by atoms with Crippen LogP contribution in [0, 0.1) is 5.82 Å². The fourth-order valence-corrected chi connectivity index (χ4v) is 2.31. The molecule has 2 aromatic carbocycles. The van der Waals surface area contributed by atoms with Crippen LogP contribution in [0.1, 0.15) is 5.56 Å². The minimum absolute atomic E-state index is 0.0161. The van der Waals surface area contributed by atoms with Crippen molar-refractivity contribution in [2.24, 2.45) is 0 Å². The van der Waals surface area contributed by atoms with Crippen molar-refractivity contribution in [3.8, 4) is 17.2 Å². The van der Waals surface area contributed by atoms with Crippen molar-refractivity contribution < 1.29 is 27.4 Å². The molecule has 1 N–H and O–H groups in total. The van der Waals surface area contributed by atoms with Crippen LogP contribution in [0.4, 0.5) is 18.9 Å². The van der Waals surface area contributed by atoms with Gasteiger partial charge in [-0.25, -0.2) is 4.39 Å². The first kappa shape index (κ1) is 19.9. The monoisotopic (exact) mass is 400 g/mol. The molecule has 0 aliphatic rings. The predicted molar refractivity (Wildman–Crippen MR) is 101 cm³/mol. The van der Waals surface area contributed by atoms with Crippen LogP contribution in [0.2, 0.25) is 0 Å². The predicted octanol–water partition coefficient (Wildman–Crippen LogP) is 5.27. The van der Waals surface area contributed by atoms with Crippen molar-refractivity contribution in [3.63, 3.8) is 0 Å².